The Balaban J connectivity index is 2.60. The lowest BCUT2D eigenvalue weighted by atomic mass is 9.94. The summed E-state index contributed by atoms with van der Waals surface area (Å²) in [5, 5.41) is 3.59. The third-order valence-electron chi connectivity index (χ3n) is 3.47. The predicted octanol–water partition coefficient (Wildman–Crippen LogP) is 3.66. The highest BCUT2D eigenvalue weighted by molar-refractivity contribution is 5.14. The van der Waals surface area contributed by atoms with Crippen LogP contribution in [0.2, 0.25) is 0 Å². The van der Waals surface area contributed by atoms with Gasteiger partial charge >= 0.3 is 0 Å². The summed E-state index contributed by atoms with van der Waals surface area (Å²) in [5.41, 5.74) is 1.41. The Kier molecular flexibility index (Phi) is 7.76. The van der Waals surface area contributed by atoms with Crippen LogP contribution in [-0.4, -0.2) is 25.3 Å². The minimum absolute atomic E-state index is 0.300. The zero-order valence-electron chi connectivity index (χ0n) is 12.9. The molecule has 0 saturated heterocycles. The Morgan fingerprint density at radius 2 is 1.79 bits per heavy atom. The fraction of sp³-hybridized carbons (Fsp3) is 0.647. The zero-order valence-corrected chi connectivity index (χ0v) is 12.9. The monoisotopic (exact) mass is 263 g/mol. The molecule has 108 valence electrons. The number of benzene rings is 1. The molecule has 0 heterocycles. The van der Waals surface area contributed by atoms with E-state index in [9.17, 15) is 0 Å². The summed E-state index contributed by atoms with van der Waals surface area (Å²) < 4.78 is 5.94. The van der Waals surface area contributed by atoms with E-state index in [0.717, 1.165) is 26.0 Å². The van der Waals surface area contributed by atoms with Crippen molar-refractivity contribution in [2.75, 3.05) is 13.2 Å². The fourth-order valence-corrected chi connectivity index (χ4v) is 2.58. The normalized spacial score (nSPS) is 14.6. The molecule has 1 aromatic rings. The van der Waals surface area contributed by atoms with Gasteiger partial charge in [0.15, 0.2) is 0 Å². The number of hydrogen-bond donors (Lipinski definition) is 1. The number of hydrogen-bond acceptors (Lipinski definition) is 2. The van der Waals surface area contributed by atoms with Gasteiger partial charge in [-0.2, -0.15) is 0 Å². The van der Waals surface area contributed by atoms with Crippen molar-refractivity contribution in [3.05, 3.63) is 35.9 Å². The fourth-order valence-electron chi connectivity index (χ4n) is 2.58. The van der Waals surface area contributed by atoms with Crippen molar-refractivity contribution >= 4 is 0 Å². The van der Waals surface area contributed by atoms with E-state index in [1.54, 1.807) is 0 Å². The highest BCUT2D eigenvalue weighted by atomic mass is 16.5. The van der Waals surface area contributed by atoms with E-state index < -0.39 is 0 Å². The molecule has 1 rings (SSSR count). The molecule has 2 nitrogen and oxygen atoms in total. The van der Waals surface area contributed by atoms with Crippen molar-refractivity contribution in [3.63, 3.8) is 0 Å². The maximum Gasteiger partial charge on any atom is 0.0750 e. The molecule has 2 unspecified atom stereocenters. The molecule has 0 bridgehead atoms. The lowest BCUT2D eigenvalue weighted by Crippen LogP contribution is -2.44. The highest BCUT2D eigenvalue weighted by Crippen LogP contribution is 2.16. The second kappa shape index (κ2) is 9.11. The zero-order chi connectivity index (χ0) is 14.1. The van der Waals surface area contributed by atoms with Gasteiger partial charge in [0.2, 0.25) is 0 Å². The van der Waals surface area contributed by atoms with E-state index >= 15 is 0 Å². The molecule has 2 heteroatoms. The van der Waals surface area contributed by atoms with Crippen LogP contribution >= 0.6 is 0 Å². The lowest BCUT2D eigenvalue weighted by Gasteiger charge is -2.30. The van der Waals surface area contributed by atoms with Crippen LogP contribution in [0.1, 0.15) is 39.7 Å². The number of nitrogens with one attached hydrogen (secondary N) is 1. The van der Waals surface area contributed by atoms with Gasteiger partial charge < -0.3 is 10.1 Å². The number of aryl methyl sites for hydroxylation is 1. The summed E-state index contributed by atoms with van der Waals surface area (Å²) in [6, 6.07) is 11.1. The summed E-state index contributed by atoms with van der Waals surface area (Å²) in [5.74, 6) is 0.541. The molecule has 0 aliphatic rings. The maximum atomic E-state index is 5.94. The molecular formula is C17H29NO. The SMILES string of the molecule is CCNC(CCc1ccccc1)C(OCC)C(C)C. The Labute approximate surface area is 118 Å². The second-order valence-corrected chi connectivity index (χ2v) is 5.35. The van der Waals surface area contributed by atoms with Crippen molar-refractivity contribution < 1.29 is 4.74 Å². The molecule has 0 aliphatic carbocycles. The van der Waals surface area contributed by atoms with Crippen molar-refractivity contribution in [3.8, 4) is 0 Å². The van der Waals surface area contributed by atoms with Gasteiger partial charge in [-0.05, 0) is 37.8 Å². The van der Waals surface area contributed by atoms with E-state index in [2.05, 4.69) is 63.3 Å². The first-order chi connectivity index (χ1) is 9.19. The molecule has 0 radical (unpaired) electrons. The standard InChI is InChI=1S/C17H29NO/c1-5-18-16(17(14(3)4)19-6-2)13-12-15-10-8-7-9-11-15/h7-11,14,16-18H,5-6,12-13H2,1-4H3. The molecule has 1 N–H and O–H groups in total. The molecular weight excluding hydrogens is 234 g/mol. The molecule has 0 fully saturated rings. The minimum atomic E-state index is 0.300. The summed E-state index contributed by atoms with van der Waals surface area (Å²) in [7, 11) is 0. The highest BCUT2D eigenvalue weighted by Gasteiger charge is 2.23. The molecule has 0 amide bonds. The van der Waals surface area contributed by atoms with Crippen LogP contribution in [0.5, 0.6) is 0 Å². The van der Waals surface area contributed by atoms with E-state index in [4.69, 9.17) is 4.74 Å². The molecule has 0 aliphatic heterocycles. The van der Waals surface area contributed by atoms with E-state index in [1.807, 2.05) is 0 Å². The quantitative estimate of drug-likeness (QED) is 0.734. The third kappa shape index (κ3) is 5.75. The van der Waals surface area contributed by atoms with Gasteiger partial charge in [0.1, 0.15) is 0 Å². The summed E-state index contributed by atoms with van der Waals surface area (Å²) in [6.45, 7) is 10.5. The summed E-state index contributed by atoms with van der Waals surface area (Å²) >= 11 is 0. The van der Waals surface area contributed by atoms with Gasteiger partial charge in [-0.15, -0.1) is 0 Å². The molecule has 0 aromatic heterocycles. The Bertz CT molecular complexity index is 323. The lowest BCUT2D eigenvalue weighted by molar-refractivity contribution is 0.00194. The summed E-state index contributed by atoms with van der Waals surface area (Å²) in [4.78, 5) is 0. The van der Waals surface area contributed by atoms with Gasteiger partial charge in [0, 0.05) is 12.6 Å². The van der Waals surface area contributed by atoms with Gasteiger partial charge in [-0.25, -0.2) is 0 Å². The predicted molar refractivity (Wildman–Crippen MR) is 82.5 cm³/mol. The first-order valence-electron chi connectivity index (χ1n) is 7.57. The van der Waals surface area contributed by atoms with E-state index in [-0.39, 0.29) is 0 Å². The molecule has 2 atom stereocenters. The van der Waals surface area contributed by atoms with Crippen molar-refractivity contribution in [2.45, 2.75) is 52.7 Å². The minimum Gasteiger partial charge on any atom is -0.377 e. The Morgan fingerprint density at radius 1 is 1.11 bits per heavy atom. The van der Waals surface area contributed by atoms with E-state index in [0.29, 0.717) is 18.1 Å². The Hall–Kier alpha value is -0.860. The smallest absolute Gasteiger partial charge is 0.0750 e. The number of ether oxygens (including phenoxy) is 1. The maximum absolute atomic E-state index is 5.94. The van der Waals surface area contributed by atoms with Crippen molar-refractivity contribution in [2.24, 2.45) is 5.92 Å². The van der Waals surface area contributed by atoms with Crippen molar-refractivity contribution in [1.82, 2.24) is 5.32 Å². The molecule has 1 aromatic carbocycles. The van der Waals surface area contributed by atoms with Crippen LogP contribution in [-0.2, 0) is 11.2 Å². The summed E-state index contributed by atoms with van der Waals surface area (Å²) in [6.07, 6.45) is 2.53. The second-order valence-electron chi connectivity index (χ2n) is 5.35. The first-order valence-corrected chi connectivity index (χ1v) is 7.57. The van der Waals surface area contributed by atoms with E-state index in [1.165, 1.54) is 5.56 Å². The molecule has 19 heavy (non-hydrogen) atoms. The van der Waals surface area contributed by atoms with Crippen LogP contribution in [0.3, 0.4) is 0 Å². The van der Waals surface area contributed by atoms with Crippen LogP contribution in [0.4, 0.5) is 0 Å². The van der Waals surface area contributed by atoms with Crippen molar-refractivity contribution in [1.29, 1.82) is 0 Å². The van der Waals surface area contributed by atoms with Crippen LogP contribution in [0, 0.1) is 5.92 Å². The third-order valence-corrected chi connectivity index (χ3v) is 3.47. The Morgan fingerprint density at radius 3 is 2.32 bits per heavy atom. The molecule has 0 saturated carbocycles. The largest absolute Gasteiger partial charge is 0.377 e. The van der Waals surface area contributed by atoms with Crippen LogP contribution in [0.25, 0.3) is 0 Å². The first kappa shape index (κ1) is 16.2. The van der Waals surface area contributed by atoms with Gasteiger partial charge in [-0.3, -0.25) is 0 Å². The van der Waals surface area contributed by atoms with Crippen LogP contribution < -0.4 is 5.32 Å². The molecule has 0 spiro atoms. The topological polar surface area (TPSA) is 21.3 Å². The number of likely N-dealkylation sites (N-methyl/N-ethyl adjacent to an activating group) is 1. The average molecular weight is 263 g/mol. The van der Waals surface area contributed by atoms with Gasteiger partial charge in [0.05, 0.1) is 6.10 Å². The number of rotatable bonds is 9. The average Bonchev–Trinajstić information content (AvgIpc) is 2.42. The van der Waals surface area contributed by atoms with Gasteiger partial charge in [0.25, 0.3) is 0 Å². The van der Waals surface area contributed by atoms with Crippen LogP contribution in [0.15, 0.2) is 30.3 Å². The van der Waals surface area contributed by atoms with Gasteiger partial charge in [-0.1, -0.05) is 51.1 Å².